The van der Waals surface area contributed by atoms with Crippen molar-refractivity contribution in [2.45, 2.75) is 56.7 Å². The fourth-order valence-corrected chi connectivity index (χ4v) is 4.41. The van der Waals surface area contributed by atoms with Gasteiger partial charge in [-0.05, 0) is 73.9 Å². The molecule has 0 aliphatic carbocycles. The van der Waals surface area contributed by atoms with E-state index in [1.807, 2.05) is 0 Å². The van der Waals surface area contributed by atoms with Gasteiger partial charge in [-0.25, -0.2) is 17.6 Å². The molecular formula is C23H28ClF4NO2. The van der Waals surface area contributed by atoms with Gasteiger partial charge in [0.2, 0.25) is 0 Å². The van der Waals surface area contributed by atoms with E-state index in [1.54, 1.807) is 0 Å². The maximum atomic E-state index is 13.4. The Balaban J connectivity index is 0.00000341. The normalized spacial score (nSPS) is 19.9. The zero-order valence-electron chi connectivity index (χ0n) is 17.1. The Morgan fingerprint density at radius 1 is 0.774 bits per heavy atom. The van der Waals surface area contributed by atoms with Crippen LogP contribution in [0.5, 0.6) is 0 Å². The zero-order chi connectivity index (χ0) is 21.7. The van der Waals surface area contributed by atoms with Crippen LogP contribution in [0.15, 0.2) is 36.4 Å². The van der Waals surface area contributed by atoms with Crippen molar-refractivity contribution in [2.24, 2.45) is 0 Å². The Kier molecular flexibility index (Phi) is 9.75. The molecule has 0 spiro atoms. The van der Waals surface area contributed by atoms with Gasteiger partial charge < -0.3 is 10.2 Å². The molecular weight excluding hydrogens is 434 g/mol. The molecule has 2 aromatic carbocycles. The highest BCUT2D eigenvalue weighted by atomic mass is 35.5. The third-order valence-corrected chi connectivity index (χ3v) is 5.78. The van der Waals surface area contributed by atoms with Crippen molar-refractivity contribution >= 4 is 12.4 Å². The first-order chi connectivity index (χ1) is 14.3. The lowest BCUT2D eigenvalue weighted by atomic mass is 10.0. The van der Waals surface area contributed by atoms with Crippen LogP contribution in [0.4, 0.5) is 17.6 Å². The number of rotatable bonds is 9. The first-order valence-electron chi connectivity index (χ1n) is 10.3. The molecule has 2 aromatic rings. The van der Waals surface area contributed by atoms with E-state index in [9.17, 15) is 27.8 Å². The summed E-state index contributed by atoms with van der Waals surface area (Å²) in [5, 5.41) is 19.2. The van der Waals surface area contributed by atoms with E-state index in [0.717, 1.165) is 25.0 Å². The molecule has 1 saturated heterocycles. The minimum Gasteiger partial charge on any atom is -0.394 e. The first kappa shape index (κ1) is 25.6. The number of benzene rings is 2. The summed E-state index contributed by atoms with van der Waals surface area (Å²) in [6.07, 6.45) is 3.10. The molecule has 0 bridgehead atoms. The summed E-state index contributed by atoms with van der Waals surface area (Å²) in [5.74, 6) is -2.43. The van der Waals surface area contributed by atoms with Crippen LogP contribution >= 0.6 is 12.4 Å². The first-order valence-corrected chi connectivity index (χ1v) is 10.3. The minimum absolute atomic E-state index is 0. The molecule has 0 amide bonds. The third kappa shape index (κ3) is 7.45. The number of hydrogen-bond acceptors (Lipinski definition) is 3. The average Bonchev–Trinajstić information content (AvgIpc) is 3.04. The molecule has 3 rings (SSSR count). The van der Waals surface area contributed by atoms with Crippen molar-refractivity contribution in [3.8, 4) is 0 Å². The Bertz CT molecular complexity index is 750. The van der Waals surface area contributed by atoms with E-state index < -0.39 is 29.4 Å². The summed E-state index contributed by atoms with van der Waals surface area (Å²) in [5.41, 5.74) is 1.16. The van der Waals surface area contributed by atoms with Crippen LogP contribution in [0, 0.1) is 23.3 Å². The number of hydrogen-bond donors (Lipinski definition) is 2. The third-order valence-electron chi connectivity index (χ3n) is 5.78. The molecule has 0 aromatic heterocycles. The van der Waals surface area contributed by atoms with Crippen LogP contribution in [0.1, 0.15) is 36.8 Å². The summed E-state index contributed by atoms with van der Waals surface area (Å²) in [6.45, 7) is -0.0823. The highest BCUT2D eigenvalue weighted by Gasteiger charge is 2.33. The number of likely N-dealkylation sites (tertiary alicyclic amines) is 1. The highest BCUT2D eigenvalue weighted by Crippen LogP contribution is 2.30. The van der Waals surface area contributed by atoms with Crippen LogP contribution in [0.3, 0.4) is 0 Å². The quantitative estimate of drug-likeness (QED) is 0.543. The van der Waals surface area contributed by atoms with Crippen LogP contribution in [-0.4, -0.2) is 46.5 Å². The highest BCUT2D eigenvalue weighted by molar-refractivity contribution is 5.85. The smallest absolute Gasteiger partial charge is 0.126 e. The molecule has 3 atom stereocenters. The molecule has 8 heteroatoms. The van der Waals surface area contributed by atoms with Gasteiger partial charge in [0.25, 0.3) is 0 Å². The number of aliphatic hydroxyl groups is 2. The zero-order valence-corrected chi connectivity index (χ0v) is 17.9. The molecule has 0 radical (unpaired) electrons. The Morgan fingerprint density at radius 2 is 1.16 bits per heavy atom. The molecule has 2 N–H and O–H groups in total. The van der Waals surface area contributed by atoms with Gasteiger partial charge in [-0.2, -0.15) is 0 Å². The number of β-amino-alcohol motifs (C(OH)–C–C–N with tert-alkyl or cyclic N) is 1. The number of aliphatic hydroxyl groups excluding tert-OH is 2. The van der Waals surface area contributed by atoms with E-state index >= 15 is 0 Å². The van der Waals surface area contributed by atoms with E-state index in [0.29, 0.717) is 36.8 Å². The van der Waals surface area contributed by atoms with Gasteiger partial charge >= 0.3 is 0 Å². The van der Waals surface area contributed by atoms with Crippen molar-refractivity contribution in [3.63, 3.8) is 0 Å². The monoisotopic (exact) mass is 461 g/mol. The molecule has 0 saturated carbocycles. The van der Waals surface area contributed by atoms with Crippen molar-refractivity contribution in [1.29, 1.82) is 0 Å². The van der Waals surface area contributed by atoms with Gasteiger partial charge in [0.1, 0.15) is 23.3 Å². The predicted octanol–water partition coefficient (Wildman–Crippen LogP) is 4.42. The Morgan fingerprint density at radius 3 is 1.52 bits per heavy atom. The summed E-state index contributed by atoms with van der Waals surface area (Å²) < 4.78 is 53.8. The van der Waals surface area contributed by atoms with Crippen molar-refractivity contribution in [3.05, 3.63) is 70.8 Å². The molecule has 31 heavy (non-hydrogen) atoms. The number of aryl methyl sites for hydroxylation is 2. The SMILES string of the molecule is Cl.OC[C@H](O)CN1[C@H](CCc2cc(F)cc(F)c2)CC[C@@H]1CCc1cc(F)cc(F)c1. The van der Waals surface area contributed by atoms with Crippen LogP contribution in [-0.2, 0) is 12.8 Å². The lowest BCUT2D eigenvalue weighted by molar-refractivity contribution is 0.0393. The van der Waals surface area contributed by atoms with Crippen LogP contribution in [0.25, 0.3) is 0 Å². The second-order valence-corrected chi connectivity index (χ2v) is 8.05. The van der Waals surface area contributed by atoms with E-state index in [1.165, 1.54) is 24.3 Å². The molecule has 3 nitrogen and oxygen atoms in total. The van der Waals surface area contributed by atoms with Gasteiger partial charge in [-0.1, -0.05) is 0 Å². The van der Waals surface area contributed by atoms with E-state index in [4.69, 9.17) is 0 Å². The lowest BCUT2D eigenvalue weighted by Gasteiger charge is -2.32. The predicted molar refractivity (Wildman–Crippen MR) is 113 cm³/mol. The van der Waals surface area contributed by atoms with Gasteiger partial charge in [-0.3, -0.25) is 4.90 Å². The van der Waals surface area contributed by atoms with Crippen LogP contribution in [0.2, 0.25) is 0 Å². The molecule has 1 aliphatic heterocycles. The summed E-state index contributed by atoms with van der Waals surface area (Å²) in [4.78, 5) is 2.12. The topological polar surface area (TPSA) is 43.7 Å². The van der Waals surface area contributed by atoms with E-state index in [-0.39, 0.29) is 37.6 Å². The average molecular weight is 462 g/mol. The minimum atomic E-state index is -0.897. The van der Waals surface area contributed by atoms with Crippen molar-refractivity contribution in [1.82, 2.24) is 4.90 Å². The molecule has 1 fully saturated rings. The van der Waals surface area contributed by atoms with E-state index in [2.05, 4.69) is 4.90 Å². The largest absolute Gasteiger partial charge is 0.394 e. The van der Waals surface area contributed by atoms with Gasteiger partial charge in [0, 0.05) is 30.8 Å². The fraction of sp³-hybridized carbons (Fsp3) is 0.478. The summed E-state index contributed by atoms with van der Waals surface area (Å²) in [7, 11) is 0. The van der Waals surface area contributed by atoms with Gasteiger partial charge in [0.05, 0.1) is 12.7 Å². The van der Waals surface area contributed by atoms with Crippen molar-refractivity contribution < 1.29 is 27.8 Å². The van der Waals surface area contributed by atoms with Crippen molar-refractivity contribution in [2.75, 3.05) is 13.2 Å². The molecule has 0 unspecified atom stereocenters. The standard InChI is InChI=1S/C23H27F4NO2.ClH/c24-17-7-15(8-18(25)11-17)1-3-21-5-6-22(28(21)13-23(30)14-29)4-2-16-9-19(26)12-20(27)10-16;/h7-12,21-23,29-30H,1-6,13-14H2;1H/t21-,22+,23-;/m1./s1. The Labute approximate surface area is 186 Å². The number of nitrogens with zero attached hydrogens (tertiary/aromatic N) is 1. The van der Waals surface area contributed by atoms with Gasteiger partial charge in [-0.15, -0.1) is 12.4 Å². The molecule has 1 aliphatic rings. The lowest BCUT2D eigenvalue weighted by Crippen LogP contribution is -2.42. The second kappa shape index (κ2) is 11.8. The van der Waals surface area contributed by atoms with Gasteiger partial charge in [0.15, 0.2) is 0 Å². The summed E-state index contributed by atoms with van der Waals surface area (Å²) in [6, 6.07) is 7.14. The van der Waals surface area contributed by atoms with Crippen LogP contribution < -0.4 is 0 Å². The fourth-order valence-electron chi connectivity index (χ4n) is 4.41. The second-order valence-electron chi connectivity index (χ2n) is 8.05. The molecule has 172 valence electrons. The summed E-state index contributed by atoms with van der Waals surface area (Å²) >= 11 is 0. The maximum Gasteiger partial charge on any atom is 0.126 e. The molecule has 1 heterocycles. The Hall–Kier alpha value is -1.67. The number of halogens is 5. The maximum absolute atomic E-state index is 13.4.